The molecule has 0 saturated carbocycles. The zero-order valence-electron chi connectivity index (χ0n) is 19.0. The van der Waals surface area contributed by atoms with E-state index in [0.29, 0.717) is 23.1 Å². The van der Waals surface area contributed by atoms with Crippen molar-refractivity contribution in [1.82, 2.24) is 4.98 Å². The van der Waals surface area contributed by atoms with Crippen molar-refractivity contribution in [2.75, 3.05) is 16.8 Å². The topological polar surface area (TPSA) is 101 Å². The van der Waals surface area contributed by atoms with Crippen LogP contribution < -0.4 is 16.0 Å². The van der Waals surface area contributed by atoms with Gasteiger partial charge in [-0.1, -0.05) is 36.4 Å². The van der Waals surface area contributed by atoms with Gasteiger partial charge in [-0.15, -0.1) is 0 Å². The molecular weight excluding hydrogens is 428 g/mol. The largest absolute Gasteiger partial charge is 0.443 e. The number of piperidine rings is 1. The predicted octanol–water partition coefficient (Wildman–Crippen LogP) is 5.22. The summed E-state index contributed by atoms with van der Waals surface area (Å²) >= 11 is 0. The number of rotatable bonds is 5. The highest BCUT2D eigenvalue weighted by atomic mass is 16.3. The van der Waals surface area contributed by atoms with Gasteiger partial charge >= 0.3 is 0 Å². The van der Waals surface area contributed by atoms with Crippen LogP contribution in [0.2, 0.25) is 0 Å². The van der Waals surface area contributed by atoms with Crippen LogP contribution in [0.15, 0.2) is 71.5 Å². The maximum Gasteiger partial charge on any atom is 0.278 e. The van der Waals surface area contributed by atoms with Crippen molar-refractivity contribution < 1.29 is 14.0 Å². The molecule has 34 heavy (non-hydrogen) atoms. The molecule has 3 aromatic carbocycles. The van der Waals surface area contributed by atoms with Crippen LogP contribution in [0.3, 0.4) is 0 Å². The summed E-state index contributed by atoms with van der Waals surface area (Å²) in [4.78, 5) is 31.7. The zero-order chi connectivity index (χ0) is 23.7. The number of benzene rings is 3. The number of carbonyl (C=O) groups excluding carboxylic acids is 2. The number of nitrogens with one attached hydrogen (secondary N) is 1. The van der Waals surface area contributed by atoms with Crippen LogP contribution in [-0.2, 0) is 0 Å². The summed E-state index contributed by atoms with van der Waals surface area (Å²) in [5.41, 5.74) is 8.29. The lowest BCUT2D eigenvalue weighted by Gasteiger charge is -2.36. The Hall–Kier alpha value is -4.13. The van der Waals surface area contributed by atoms with Crippen molar-refractivity contribution in [2.24, 2.45) is 5.73 Å². The molecule has 0 aliphatic carbocycles. The number of oxazole rings is 1. The summed E-state index contributed by atoms with van der Waals surface area (Å²) in [6, 6.07) is 19.4. The lowest BCUT2D eigenvalue weighted by atomic mass is 10.0. The minimum absolute atomic E-state index is 0.171. The highest BCUT2D eigenvalue weighted by molar-refractivity contribution is 6.08. The highest BCUT2D eigenvalue weighted by Crippen LogP contribution is 2.31. The van der Waals surface area contributed by atoms with Crippen LogP contribution in [0.5, 0.6) is 0 Å². The van der Waals surface area contributed by atoms with Gasteiger partial charge in [0.1, 0.15) is 0 Å². The van der Waals surface area contributed by atoms with Gasteiger partial charge in [-0.2, -0.15) is 0 Å². The van der Waals surface area contributed by atoms with Gasteiger partial charge < -0.3 is 20.4 Å². The normalized spacial score (nSPS) is 15.9. The number of anilines is 2. The lowest BCUT2D eigenvalue weighted by Crippen LogP contribution is -2.38. The Kier molecular flexibility index (Phi) is 5.76. The Morgan fingerprint density at radius 1 is 1.06 bits per heavy atom. The van der Waals surface area contributed by atoms with Gasteiger partial charge in [0.15, 0.2) is 17.8 Å². The van der Waals surface area contributed by atoms with Crippen LogP contribution in [0, 0.1) is 0 Å². The SMILES string of the molecule is C[C@@H]1CCCCN1c1ccc(NC(=O)c2ncoc2-c2ccc3ccccc3c2)cc1C(N)=O. The zero-order valence-corrected chi connectivity index (χ0v) is 19.0. The molecule has 0 unspecified atom stereocenters. The molecule has 7 nitrogen and oxygen atoms in total. The molecule has 1 aromatic heterocycles. The third-order valence-corrected chi connectivity index (χ3v) is 6.43. The first-order valence-corrected chi connectivity index (χ1v) is 11.5. The first-order chi connectivity index (χ1) is 16.5. The van der Waals surface area contributed by atoms with Gasteiger partial charge in [0, 0.05) is 29.5 Å². The van der Waals surface area contributed by atoms with E-state index in [0.717, 1.165) is 41.4 Å². The van der Waals surface area contributed by atoms with Gasteiger partial charge in [-0.3, -0.25) is 9.59 Å². The van der Waals surface area contributed by atoms with Crippen molar-refractivity contribution in [3.8, 4) is 11.3 Å². The van der Waals surface area contributed by atoms with E-state index in [-0.39, 0.29) is 5.69 Å². The minimum atomic E-state index is -0.526. The molecule has 4 aromatic rings. The molecule has 7 heteroatoms. The molecule has 1 aliphatic heterocycles. The molecule has 0 bridgehead atoms. The first kappa shape index (κ1) is 21.7. The minimum Gasteiger partial charge on any atom is -0.443 e. The molecule has 3 N–H and O–H groups in total. The Balaban J connectivity index is 1.42. The summed E-state index contributed by atoms with van der Waals surface area (Å²) in [5.74, 6) is -0.564. The Labute approximate surface area is 197 Å². The molecule has 1 fully saturated rings. The van der Waals surface area contributed by atoms with Crippen LogP contribution in [0.4, 0.5) is 11.4 Å². The van der Waals surface area contributed by atoms with Crippen molar-refractivity contribution >= 4 is 34.0 Å². The number of nitrogens with two attached hydrogens (primary N) is 1. The number of hydrogen-bond acceptors (Lipinski definition) is 5. The van der Waals surface area contributed by atoms with Crippen molar-refractivity contribution in [1.29, 1.82) is 0 Å². The van der Waals surface area contributed by atoms with Crippen LogP contribution >= 0.6 is 0 Å². The van der Waals surface area contributed by atoms with Crippen molar-refractivity contribution in [2.45, 2.75) is 32.2 Å². The molecule has 0 radical (unpaired) electrons. The van der Waals surface area contributed by atoms with E-state index < -0.39 is 11.8 Å². The van der Waals surface area contributed by atoms with Gasteiger partial charge in [-0.05, 0) is 61.2 Å². The Morgan fingerprint density at radius 2 is 1.88 bits per heavy atom. The van der Waals surface area contributed by atoms with Crippen molar-refractivity contribution in [3.63, 3.8) is 0 Å². The number of fused-ring (bicyclic) bond motifs is 1. The van der Waals surface area contributed by atoms with Crippen LogP contribution in [-0.4, -0.2) is 29.4 Å². The second kappa shape index (κ2) is 9.02. The quantitative estimate of drug-likeness (QED) is 0.430. The summed E-state index contributed by atoms with van der Waals surface area (Å²) in [6.45, 7) is 3.03. The Bertz CT molecular complexity index is 1380. The molecule has 1 atom stereocenters. The average molecular weight is 455 g/mol. The molecular formula is C27H26N4O3. The molecule has 2 heterocycles. The summed E-state index contributed by atoms with van der Waals surface area (Å²) in [5, 5.41) is 4.98. The summed E-state index contributed by atoms with van der Waals surface area (Å²) in [6.07, 6.45) is 4.58. The fraction of sp³-hybridized carbons (Fsp3) is 0.222. The number of primary amides is 1. The third-order valence-electron chi connectivity index (χ3n) is 6.43. The number of aromatic nitrogens is 1. The second-order valence-electron chi connectivity index (χ2n) is 8.68. The number of hydrogen-bond donors (Lipinski definition) is 2. The standard InChI is InChI=1S/C27H26N4O3/c1-17-6-4-5-13-31(17)23-12-11-21(15-22(23)26(28)32)30-27(33)24-25(34-16-29-24)20-10-9-18-7-2-3-8-19(18)14-20/h2-3,7-12,14-17H,4-6,13H2,1H3,(H2,28,32)(H,30,33)/t17-/m1/s1. The lowest BCUT2D eigenvalue weighted by molar-refractivity contribution is 0.0996. The molecule has 5 rings (SSSR count). The monoisotopic (exact) mass is 454 g/mol. The van der Waals surface area contributed by atoms with E-state index in [4.69, 9.17) is 10.2 Å². The van der Waals surface area contributed by atoms with Crippen molar-refractivity contribution in [3.05, 3.63) is 78.3 Å². The molecule has 1 saturated heterocycles. The number of nitrogens with zero attached hydrogens (tertiary/aromatic N) is 2. The summed E-state index contributed by atoms with van der Waals surface area (Å²) < 4.78 is 5.58. The fourth-order valence-corrected chi connectivity index (χ4v) is 4.65. The summed E-state index contributed by atoms with van der Waals surface area (Å²) in [7, 11) is 0. The van der Waals surface area contributed by atoms with Crippen LogP contribution in [0.1, 0.15) is 47.0 Å². The van der Waals surface area contributed by atoms with Gasteiger partial charge in [-0.25, -0.2) is 4.98 Å². The third kappa shape index (κ3) is 4.12. The van der Waals surface area contributed by atoms with E-state index in [9.17, 15) is 9.59 Å². The van der Waals surface area contributed by atoms with E-state index >= 15 is 0 Å². The van der Waals surface area contributed by atoms with E-state index in [1.54, 1.807) is 12.1 Å². The van der Waals surface area contributed by atoms with Gasteiger partial charge in [0.05, 0.1) is 5.56 Å². The highest BCUT2D eigenvalue weighted by Gasteiger charge is 2.24. The smallest absolute Gasteiger partial charge is 0.278 e. The Morgan fingerprint density at radius 3 is 2.68 bits per heavy atom. The van der Waals surface area contributed by atoms with Gasteiger partial charge in [0.2, 0.25) is 0 Å². The first-order valence-electron chi connectivity index (χ1n) is 11.5. The maximum atomic E-state index is 13.1. The fourth-order valence-electron chi connectivity index (χ4n) is 4.65. The van der Waals surface area contributed by atoms with Gasteiger partial charge in [0.25, 0.3) is 11.8 Å². The molecule has 2 amide bonds. The number of carbonyl (C=O) groups is 2. The second-order valence-corrected chi connectivity index (χ2v) is 8.68. The molecule has 0 spiro atoms. The molecule has 1 aliphatic rings. The maximum absolute atomic E-state index is 13.1. The van der Waals surface area contributed by atoms with E-state index in [1.807, 2.05) is 48.5 Å². The average Bonchev–Trinajstić information content (AvgIpc) is 3.34. The molecule has 172 valence electrons. The number of amides is 2. The predicted molar refractivity (Wildman–Crippen MR) is 133 cm³/mol. The van der Waals surface area contributed by atoms with E-state index in [2.05, 4.69) is 22.1 Å². The van der Waals surface area contributed by atoms with E-state index in [1.165, 1.54) is 12.8 Å². The van der Waals surface area contributed by atoms with Crippen LogP contribution in [0.25, 0.3) is 22.1 Å².